The van der Waals surface area contributed by atoms with Gasteiger partial charge in [0.2, 0.25) is 5.78 Å². The van der Waals surface area contributed by atoms with Crippen LogP contribution in [0.2, 0.25) is 0 Å². The standard InChI is InChI=1S/C21H18N2O5/c1-12-4-7-18-16(8-12)17(9-14(3)22-18)21(25)28-11-20(24)15-6-5-13(2)19(10-15)23(26)27/h4-10H,11H2,1-3H3. The van der Waals surface area contributed by atoms with Crippen LogP contribution in [0, 0.1) is 30.9 Å². The summed E-state index contributed by atoms with van der Waals surface area (Å²) in [7, 11) is 0. The second-order valence-electron chi connectivity index (χ2n) is 6.59. The average Bonchev–Trinajstić information content (AvgIpc) is 2.65. The van der Waals surface area contributed by atoms with Gasteiger partial charge >= 0.3 is 5.97 Å². The molecule has 0 atom stereocenters. The number of aryl methyl sites for hydroxylation is 3. The Hall–Kier alpha value is -3.61. The molecular formula is C21H18N2O5. The fraction of sp³-hybridized carbons (Fsp3) is 0.190. The van der Waals surface area contributed by atoms with Gasteiger partial charge in [-0.1, -0.05) is 23.8 Å². The van der Waals surface area contributed by atoms with Crippen LogP contribution in [0.4, 0.5) is 5.69 Å². The number of fused-ring (bicyclic) bond motifs is 1. The van der Waals surface area contributed by atoms with Crippen LogP contribution in [-0.2, 0) is 4.74 Å². The summed E-state index contributed by atoms with van der Waals surface area (Å²) in [6.07, 6.45) is 0. The number of aromatic nitrogens is 1. The first-order valence-electron chi connectivity index (χ1n) is 8.59. The average molecular weight is 378 g/mol. The van der Waals surface area contributed by atoms with Crippen molar-refractivity contribution in [3.63, 3.8) is 0 Å². The van der Waals surface area contributed by atoms with Gasteiger partial charge in [-0.05, 0) is 39.0 Å². The molecule has 0 aliphatic carbocycles. The van der Waals surface area contributed by atoms with E-state index in [-0.39, 0.29) is 11.3 Å². The summed E-state index contributed by atoms with van der Waals surface area (Å²) in [5.41, 5.74) is 3.04. The number of nitro benzene ring substituents is 1. The number of benzene rings is 2. The molecule has 7 nitrogen and oxygen atoms in total. The van der Waals surface area contributed by atoms with Crippen molar-refractivity contribution in [2.24, 2.45) is 0 Å². The first-order chi connectivity index (χ1) is 13.3. The molecule has 1 heterocycles. The molecule has 0 aliphatic heterocycles. The smallest absolute Gasteiger partial charge is 0.339 e. The molecule has 0 amide bonds. The molecule has 3 rings (SSSR count). The third-order valence-corrected chi connectivity index (χ3v) is 4.37. The second-order valence-corrected chi connectivity index (χ2v) is 6.59. The van der Waals surface area contributed by atoms with E-state index >= 15 is 0 Å². The summed E-state index contributed by atoms with van der Waals surface area (Å²) in [6.45, 7) is 4.76. The normalized spacial score (nSPS) is 10.7. The molecule has 1 aromatic heterocycles. The number of hydrogen-bond donors (Lipinski definition) is 0. The van der Waals surface area contributed by atoms with E-state index < -0.39 is 23.3 Å². The largest absolute Gasteiger partial charge is 0.454 e. The van der Waals surface area contributed by atoms with E-state index in [0.29, 0.717) is 27.7 Å². The highest BCUT2D eigenvalue weighted by atomic mass is 16.6. The van der Waals surface area contributed by atoms with E-state index in [0.717, 1.165) is 5.56 Å². The molecule has 142 valence electrons. The number of nitrogens with zero attached hydrogens (tertiary/aromatic N) is 2. The zero-order valence-electron chi connectivity index (χ0n) is 15.7. The maximum Gasteiger partial charge on any atom is 0.339 e. The fourth-order valence-corrected chi connectivity index (χ4v) is 2.91. The van der Waals surface area contributed by atoms with Gasteiger partial charge in [0.15, 0.2) is 6.61 Å². The number of nitro groups is 1. The number of pyridine rings is 1. The molecule has 0 aliphatic rings. The molecule has 0 N–H and O–H groups in total. The Labute approximate surface area is 161 Å². The van der Waals surface area contributed by atoms with E-state index in [9.17, 15) is 19.7 Å². The third kappa shape index (κ3) is 3.88. The zero-order valence-corrected chi connectivity index (χ0v) is 15.7. The molecular weight excluding hydrogens is 360 g/mol. The van der Waals surface area contributed by atoms with Gasteiger partial charge in [0.05, 0.1) is 16.0 Å². The molecule has 0 bridgehead atoms. The van der Waals surface area contributed by atoms with Crippen molar-refractivity contribution < 1.29 is 19.2 Å². The lowest BCUT2D eigenvalue weighted by Crippen LogP contribution is -2.15. The molecule has 0 spiro atoms. The molecule has 7 heteroatoms. The number of Topliss-reactive ketones (excluding diaryl/α,β-unsaturated/α-hetero) is 1. The maximum atomic E-state index is 12.6. The van der Waals surface area contributed by atoms with Crippen molar-refractivity contribution in [2.75, 3.05) is 6.61 Å². The van der Waals surface area contributed by atoms with Crippen molar-refractivity contribution in [1.29, 1.82) is 0 Å². The van der Waals surface area contributed by atoms with Crippen LogP contribution < -0.4 is 0 Å². The molecule has 3 aromatic rings. The minimum absolute atomic E-state index is 0.122. The molecule has 0 saturated heterocycles. The molecule has 0 fully saturated rings. The Morgan fingerprint density at radius 1 is 1.07 bits per heavy atom. The van der Waals surface area contributed by atoms with E-state index in [2.05, 4.69) is 4.98 Å². The first-order valence-corrected chi connectivity index (χ1v) is 8.59. The number of carbonyl (C=O) groups is 2. The summed E-state index contributed by atoms with van der Waals surface area (Å²) >= 11 is 0. The predicted octanol–water partition coefficient (Wildman–Crippen LogP) is 4.11. The van der Waals surface area contributed by atoms with Crippen LogP contribution in [0.15, 0.2) is 42.5 Å². The van der Waals surface area contributed by atoms with E-state index in [1.165, 1.54) is 18.2 Å². The summed E-state index contributed by atoms with van der Waals surface area (Å²) in [4.78, 5) is 39.8. The van der Waals surface area contributed by atoms with Crippen LogP contribution in [-0.4, -0.2) is 28.3 Å². The lowest BCUT2D eigenvalue weighted by molar-refractivity contribution is -0.385. The third-order valence-electron chi connectivity index (χ3n) is 4.37. The van der Waals surface area contributed by atoms with Gasteiger partial charge in [0, 0.05) is 28.3 Å². The monoisotopic (exact) mass is 378 g/mol. The van der Waals surface area contributed by atoms with Crippen LogP contribution in [0.25, 0.3) is 10.9 Å². The number of rotatable bonds is 5. The Balaban J connectivity index is 1.82. The summed E-state index contributed by atoms with van der Waals surface area (Å²) in [6, 6.07) is 11.3. The summed E-state index contributed by atoms with van der Waals surface area (Å²) in [5.74, 6) is -1.15. The highest BCUT2D eigenvalue weighted by Crippen LogP contribution is 2.22. The number of esters is 1. The van der Waals surface area contributed by atoms with Gasteiger partial charge in [-0.15, -0.1) is 0 Å². The Kier molecular flexibility index (Phi) is 5.17. The van der Waals surface area contributed by atoms with Crippen molar-refractivity contribution in [1.82, 2.24) is 4.98 Å². The molecule has 0 unspecified atom stereocenters. The van der Waals surface area contributed by atoms with Gasteiger partial charge in [0.1, 0.15) is 0 Å². The fourth-order valence-electron chi connectivity index (χ4n) is 2.91. The molecule has 0 saturated carbocycles. The van der Waals surface area contributed by atoms with Gasteiger partial charge in [-0.3, -0.25) is 19.9 Å². The van der Waals surface area contributed by atoms with Crippen molar-refractivity contribution in [2.45, 2.75) is 20.8 Å². The molecule has 2 aromatic carbocycles. The highest BCUT2D eigenvalue weighted by molar-refractivity contribution is 6.05. The lowest BCUT2D eigenvalue weighted by Gasteiger charge is -2.09. The number of ketones is 1. The minimum atomic E-state index is -0.643. The van der Waals surface area contributed by atoms with E-state index in [4.69, 9.17) is 4.74 Å². The number of hydrogen-bond acceptors (Lipinski definition) is 6. The van der Waals surface area contributed by atoms with Crippen molar-refractivity contribution >= 4 is 28.3 Å². The van der Waals surface area contributed by atoms with Crippen LogP contribution >= 0.6 is 0 Å². The first kappa shape index (κ1) is 19.2. The Bertz CT molecular complexity index is 1120. The quantitative estimate of drug-likeness (QED) is 0.287. The predicted molar refractivity (Wildman–Crippen MR) is 104 cm³/mol. The van der Waals surface area contributed by atoms with E-state index in [1.54, 1.807) is 19.9 Å². The number of ether oxygens (including phenoxy) is 1. The second kappa shape index (κ2) is 7.56. The summed E-state index contributed by atoms with van der Waals surface area (Å²) in [5, 5.41) is 11.7. The zero-order chi connectivity index (χ0) is 20.4. The summed E-state index contributed by atoms with van der Waals surface area (Å²) < 4.78 is 5.19. The maximum absolute atomic E-state index is 12.6. The van der Waals surface area contributed by atoms with Crippen LogP contribution in [0.5, 0.6) is 0 Å². The Morgan fingerprint density at radius 2 is 1.82 bits per heavy atom. The minimum Gasteiger partial charge on any atom is -0.454 e. The topological polar surface area (TPSA) is 99.4 Å². The lowest BCUT2D eigenvalue weighted by atomic mass is 10.1. The van der Waals surface area contributed by atoms with Crippen molar-refractivity contribution in [3.8, 4) is 0 Å². The van der Waals surface area contributed by atoms with Gasteiger partial charge in [-0.25, -0.2) is 4.79 Å². The molecule has 0 radical (unpaired) electrons. The van der Waals surface area contributed by atoms with Crippen molar-refractivity contribution in [3.05, 3.63) is 80.5 Å². The molecule has 28 heavy (non-hydrogen) atoms. The van der Waals surface area contributed by atoms with Crippen LogP contribution in [0.3, 0.4) is 0 Å². The highest BCUT2D eigenvalue weighted by Gasteiger charge is 2.18. The Morgan fingerprint density at radius 3 is 2.54 bits per heavy atom. The van der Waals surface area contributed by atoms with E-state index in [1.807, 2.05) is 25.1 Å². The van der Waals surface area contributed by atoms with Gasteiger partial charge in [0.25, 0.3) is 5.69 Å². The number of carbonyl (C=O) groups excluding carboxylic acids is 2. The van der Waals surface area contributed by atoms with Gasteiger partial charge < -0.3 is 4.74 Å². The van der Waals surface area contributed by atoms with Gasteiger partial charge in [-0.2, -0.15) is 0 Å². The SMILES string of the molecule is Cc1ccc2nc(C)cc(C(=O)OCC(=O)c3ccc(C)c([N+](=O)[O-])c3)c2c1. The van der Waals surface area contributed by atoms with Crippen LogP contribution in [0.1, 0.15) is 37.5 Å².